The predicted molar refractivity (Wildman–Crippen MR) is 113 cm³/mol. The van der Waals surface area contributed by atoms with Crippen molar-refractivity contribution in [3.63, 3.8) is 0 Å². The summed E-state index contributed by atoms with van der Waals surface area (Å²) in [6.45, 7) is 4.94. The number of nitrogens with zero attached hydrogens (tertiary/aromatic N) is 2. The molecule has 4 aromatic rings. The first-order chi connectivity index (χ1) is 14.1. The molecule has 0 aliphatic carbocycles. The van der Waals surface area contributed by atoms with Crippen LogP contribution in [0.4, 0.5) is 11.5 Å². The van der Waals surface area contributed by atoms with Gasteiger partial charge in [0.25, 0.3) is 5.91 Å². The summed E-state index contributed by atoms with van der Waals surface area (Å²) in [6, 6.07) is 13.4. The largest absolute Gasteiger partial charge is 0.463 e. The highest BCUT2D eigenvalue weighted by Crippen LogP contribution is 2.33. The highest BCUT2D eigenvalue weighted by molar-refractivity contribution is 5.95. The number of benzene rings is 1. The lowest BCUT2D eigenvalue weighted by Gasteiger charge is -2.13. The van der Waals surface area contributed by atoms with Gasteiger partial charge in [0.1, 0.15) is 17.2 Å². The topological polar surface area (TPSA) is 97.6 Å². The van der Waals surface area contributed by atoms with Crippen LogP contribution < -0.4 is 16.4 Å². The molecule has 0 saturated heterocycles. The van der Waals surface area contributed by atoms with E-state index < -0.39 is 0 Å². The molecule has 7 nitrogen and oxygen atoms in total. The average molecular weight is 389 g/mol. The van der Waals surface area contributed by atoms with Crippen LogP contribution in [-0.4, -0.2) is 28.4 Å². The normalized spacial score (nSPS) is 11.0. The number of nitrogens with two attached hydrogens (primary N) is 1. The standard InChI is InChI=1S/C22H23N5O2/c1-14-5-3-6-15(2)19(14)26-21-20(17-7-4-12-29-17)25-18-13-16(8-11-27(18)21)22(28)24-10-9-23/h3-8,11-13,26H,9-10,23H2,1-2H3,(H,24,28). The van der Waals surface area contributed by atoms with Gasteiger partial charge < -0.3 is 20.8 Å². The Morgan fingerprint density at radius 1 is 1.17 bits per heavy atom. The van der Waals surface area contributed by atoms with Gasteiger partial charge in [0.2, 0.25) is 0 Å². The fourth-order valence-corrected chi connectivity index (χ4v) is 3.31. The zero-order valence-corrected chi connectivity index (χ0v) is 16.4. The summed E-state index contributed by atoms with van der Waals surface area (Å²) in [5, 5.41) is 6.31. The molecule has 0 atom stereocenters. The molecular formula is C22H23N5O2. The lowest BCUT2D eigenvalue weighted by molar-refractivity contribution is 0.0954. The minimum atomic E-state index is -0.176. The number of nitrogens with one attached hydrogen (secondary N) is 2. The third kappa shape index (κ3) is 3.60. The minimum Gasteiger partial charge on any atom is -0.463 e. The number of furan rings is 1. The van der Waals surface area contributed by atoms with E-state index in [9.17, 15) is 4.79 Å². The highest BCUT2D eigenvalue weighted by atomic mass is 16.3. The summed E-state index contributed by atoms with van der Waals surface area (Å²) in [4.78, 5) is 17.0. The molecule has 0 aliphatic rings. The van der Waals surface area contributed by atoms with Crippen molar-refractivity contribution in [1.82, 2.24) is 14.7 Å². The number of rotatable bonds is 6. The van der Waals surface area contributed by atoms with Gasteiger partial charge in [-0.3, -0.25) is 9.20 Å². The lowest BCUT2D eigenvalue weighted by atomic mass is 10.1. The average Bonchev–Trinajstić information content (AvgIpc) is 3.36. The molecule has 4 N–H and O–H groups in total. The molecule has 3 aromatic heterocycles. The molecular weight excluding hydrogens is 366 g/mol. The number of imidazole rings is 1. The smallest absolute Gasteiger partial charge is 0.251 e. The Morgan fingerprint density at radius 3 is 2.66 bits per heavy atom. The van der Waals surface area contributed by atoms with Gasteiger partial charge in [-0.2, -0.15) is 0 Å². The Morgan fingerprint density at radius 2 is 1.97 bits per heavy atom. The van der Waals surface area contributed by atoms with Crippen LogP contribution in [0.2, 0.25) is 0 Å². The lowest BCUT2D eigenvalue weighted by Crippen LogP contribution is -2.29. The first kappa shape index (κ1) is 18.8. The van der Waals surface area contributed by atoms with Crippen molar-refractivity contribution in [2.24, 2.45) is 5.73 Å². The number of para-hydroxylation sites is 1. The van der Waals surface area contributed by atoms with E-state index in [4.69, 9.17) is 15.1 Å². The van der Waals surface area contributed by atoms with Gasteiger partial charge in [0, 0.05) is 30.5 Å². The number of carbonyl (C=O) groups is 1. The van der Waals surface area contributed by atoms with E-state index in [1.54, 1.807) is 18.4 Å². The Kier molecular flexibility index (Phi) is 5.05. The van der Waals surface area contributed by atoms with E-state index in [-0.39, 0.29) is 5.91 Å². The van der Waals surface area contributed by atoms with Crippen LogP contribution in [0.1, 0.15) is 21.5 Å². The van der Waals surface area contributed by atoms with Crippen molar-refractivity contribution in [2.45, 2.75) is 13.8 Å². The van der Waals surface area contributed by atoms with Crippen molar-refractivity contribution in [3.05, 3.63) is 71.6 Å². The monoisotopic (exact) mass is 389 g/mol. The molecule has 0 saturated carbocycles. The first-order valence-corrected chi connectivity index (χ1v) is 9.46. The molecule has 0 spiro atoms. The van der Waals surface area contributed by atoms with Crippen molar-refractivity contribution < 1.29 is 9.21 Å². The molecule has 1 amide bonds. The first-order valence-electron chi connectivity index (χ1n) is 9.46. The number of hydrogen-bond donors (Lipinski definition) is 3. The van der Waals surface area contributed by atoms with E-state index in [2.05, 4.69) is 36.6 Å². The second-order valence-electron chi connectivity index (χ2n) is 6.87. The van der Waals surface area contributed by atoms with E-state index >= 15 is 0 Å². The molecule has 0 bridgehead atoms. The van der Waals surface area contributed by atoms with E-state index in [0.717, 1.165) is 22.6 Å². The number of anilines is 2. The van der Waals surface area contributed by atoms with E-state index in [1.807, 2.05) is 28.8 Å². The number of aromatic nitrogens is 2. The quantitative estimate of drug-likeness (QED) is 0.468. The van der Waals surface area contributed by atoms with Crippen LogP contribution in [0.3, 0.4) is 0 Å². The molecule has 4 rings (SSSR count). The maximum atomic E-state index is 12.3. The second kappa shape index (κ2) is 7.81. The zero-order chi connectivity index (χ0) is 20.4. The van der Waals surface area contributed by atoms with Gasteiger partial charge in [-0.05, 0) is 49.2 Å². The van der Waals surface area contributed by atoms with E-state index in [1.165, 1.54) is 0 Å². The van der Waals surface area contributed by atoms with Gasteiger partial charge in [-0.25, -0.2) is 4.98 Å². The maximum absolute atomic E-state index is 12.3. The Balaban J connectivity index is 1.83. The number of hydrogen-bond acceptors (Lipinski definition) is 5. The van der Waals surface area contributed by atoms with Gasteiger partial charge in [-0.1, -0.05) is 18.2 Å². The van der Waals surface area contributed by atoms with Crippen molar-refractivity contribution in [1.29, 1.82) is 0 Å². The van der Waals surface area contributed by atoms with Gasteiger partial charge >= 0.3 is 0 Å². The van der Waals surface area contributed by atoms with Gasteiger partial charge in [0.15, 0.2) is 5.76 Å². The number of carbonyl (C=O) groups excluding carboxylic acids is 1. The maximum Gasteiger partial charge on any atom is 0.251 e. The van der Waals surface area contributed by atoms with Crippen LogP contribution in [0, 0.1) is 13.8 Å². The fourth-order valence-electron chi connectivity index (χ4n) is 3.31. The molecule has 1 aromatic carbocycles. The van der Waals surface area contributed by atoms with Crippen LogP contribution in [0.25, 0.3) is 17.1 Å². The molecule has 7 heteroatoms. The predicted octanol–water partition coefficient (Wildman–Crippen LogP) is 3.64. The number of pyridine rings is 1. The van der Waals surface area contributed by atoms with E-state index in [0.29, 0.717) is 35.8 Å². The minimum absolute atomic E-state index is 0.176. The summed E-state index contributed by atoms with van der Waals surface area (Å²) in [6.07, 6.45) is 3.45. The molecule has 148 valence electrons. The van der Waals surface area contributed by atoms with Crippen molar-refractivity contribution in [3.8, 4) is 11.5 Å². The third-order valence-corrected chi connectivity index (χ3v) is 4.80. The Labute approximate surface area is 168 Å². The fraction of sp³-hybridized carbons (Fsp3) is 0.182. The number of fused-ring (bicyclic) bond motifs is 1. The van der Waals surface area contributed by atoms with Gasteiger partial charge in [0.05, 0.1) is 6.26 Å². The molecule has 29 heavy (non-hydrogen) atoms. The number of aryl methyl sites for hydroxylation is 2. The summed E-state index contributed by atoms with van der Waals surface area (Å²) in [5.74, 6) is 1.25. The van der Waals surface area contributed by atoms with Crippen molar-refractivity contribution >= 4 is 23.1 Å². The Hall–Kier alpha value is -3.58. The second-order valence-corrected chi connectivity index (χ2v) is 6.87. The highest BCUT2D eigenvalue weighted by Gasteiger charge is 2.19. The summed E-state index contributed by atoms with van der Waals surface area (Å²) >= 11 is 0. The molecule has 0 aliphatic heterocycles. The third-order valence-electron chi connectivity index (χ3n) is 4.80. The summed E-state index contributed by atoms with van der Waals surface area (Å²) in [5.41, 5.74) is 10.6. The number of amides is 1. The zero-order valence-electron chi connectivity index (χ0n) is 16.4. The molecule has 0 fully saturated rings. The van der Waals surface area contributed by atoms with Crippen LogP contribution in [0.5, 0.6) is 0 Å². The van der Waals surface area contributed by atoms with Gasteiger partial charge in [-0.15, -0.1) is 0 Å². The SMILES string of the molecule is Cc1cccc(C)c1Nc1c(-c2ccco2)nc2cc(C(=O)NCCN)ccn12. The van der Waals surface area contributed by atoms with Crippen LogP contribution in [-0.2, 0) is 0 Å². The summed E-state index contributed by atoms with van der Waals surface area (Å²) < 4.78 is 7.53. The van der Waals surface area contributed by atoms with Crippen LogP contribution >= 0.6 is 0 Å². The van der Waals surface area contributed by atoms with Crippen LogP contribution in [0.15, 0.2) is 59.3 Å². The molecule has 0 radical (unpaired) electrons. The Bertz CT molecular complexity index is 1140. The van der Waals surface area contributed by atoms with Crippen molar-refractivity contribution in [2.75, 3.05) is 18.4 Å². The molecule has 3 heterocycles. The molecule has 0 unspecified atom stereocenters. The summed E-state index contributed by atoms with van der Waals surface area (Å²) in [7, 11) is 0.